The van der Waals surface area contributed by atoms with E-state index < -0.39 is 18.8 Å². The van der Waals surface area contributed by atoms with Gasteiger partial charge in [0.05, 0.1) is 18.0 Å². The second-order valence-electron chi connectivity index (χ2n) is 3.28. The van der Waals surface area contributed by atoms with Crippen LogP contribution >= 0.6 is 11.6 Å². The van der Waals surface area contributed by atoms with E-state index >= 15 is 0 Å². The molecule has 0 aliphatic carbocycles. The third-order valence-electron chi connectivity index (χ3n) is 2.06. The summed E-state index contributed by atoms with van der Waals surface area (Å²) in [4.78, 5) is 14.5. The van der Waals surface area contributed by atoms with Crippen LogP contribution in [-0.4, -0.2) is 16.1 Å². The number of hydrogen-bond donors (Lipinski definition) is 1. The molecule has 1 heterocycles. The number of carbonyl (C=O) groups is 1. The van der Waals surface area contributed by atoms with Gasteiger partial charge in [0.2, 0.25) is 0 Å². The van der Waals surface area contributed by atoms with E-state index in [-0.39, 0.29) is 22.7 Å². The molecule has 16 heavy (non-hydrogen) atoms. The lowest BCUT2D eigenvalue weighted by Gasteiger charge is -2.11. The second kappa shape index (κ2) is 5.21. The topological polar surface area (TPSA) is 50.2 Å². The number of carboxylic acid groups (broad SMARTS) is 1. The Morgan fingerprint density at radius 2 is 2.25 bits per heavy atom. The molecule has 1 rings (SSSR count). The predicted octanol–water partition coefficient (Wildman–Crippen LogP) is 2.69. The van der Waals surface area contributed by atoms with Crippen molar-refractivity contribution in [2.24, 2.45) is 0 Å². The van der Waals surface area contributed by atoms with Gasteiger partial charge in [-0.1, -0.05) is 0 Å². The Hall–Kier alpha value is -1.23. The first kappa shape index (κ1) is 12.8. The van der Waals surface area contributed by atoms with Gasteiger partial charge in [-0.3, -0.25) is 9.78 Å². The zero-order chi connectivity index (χ0) is 12.3. The summed E-state index contributed by atoms with van der Waals surface area (Å²) < 4.78 is 25.4. The highest BCUT2D eigenvalue weighted by atomic mass is 35.5. The van der Waals surface area contributed by atoms with Crippen LogP contribution in [0.4, 0.5) is 8.78 Å². The molecule has 0 unspecified atom stereocenters. The van der Waals surface area contributed by atoms with E-state index in [0.29, 0.717) is 5.69 Å². The van der Waals surface area contributed by atoms with Crippen LogP contribution in [-0.2, 0) is 17.1 Å². The molecule has 0 aliphatic rings. The van der Waals surface area contributed by atoms with Crippen molar-refractivity contribution < 1.29 is 18.7 Å². The van der Waals surface area contributed by atoms with E-state index in [4.69, 9.17) is 16.7 Å². The van der Waals surface area contributed by atoms with Crippen molar-refractivity contribution >= 4 is 17.6 Å². The molecule has 0 saturated heterocycles. The first-order valence-electron chi connectivity index (χ1n) is 4.51. The van der Waals surface area contributed by atoms with Crippen molar-refractivity contribution in [2.45, 2.75) is 25.7 Å². The van der Waals surface area contributed by atoms with E-state index in [1.54, 1.807) is 6.92 Å². The maximum Gasteiger partial charge on any atom is 0.307 e. The predicted molar refractivity (Wildman–Crippen MR) is 54.8 cm³/mol. The molecule has 1 aromatic rings. The quantitative estimate of drug-likeness (QED) is 0.835. The highest BCUT2D eigenvalue weighted by Crippen LogP contribution is 2.26. The van der Waals surface area contributed by atoms with Gasteiger partial charge in [0.15, 0.2) is 0 Å². The lowest BCUT2D eigenvalue weighted by atomic mass is 10.0. The maximum atomic E-state index is 12.7. The molecule has 0 radical (unpaired) electrons. The van der Waals surface area contributed by atoms with Crippen molar-refractivity contribution in [1.29, 1.82) is 0 Å². The average molecular weight is 250 g/mol. The van der Waals surface area contributed by atoms with Crippen LogP contribution in [0.25, 0.3) is 0 Å². The third kappa shape index (κ3) is 2.88. The first-order chi connectivity index (χ1) is 7.45. The van der Waals surface area contributed by atoms with Crippen molar-refractivity contribution in [3.05, 3.63) is 28.6 Å². The largest absolute Gasteiger partial charge is 0.481 e. The zero-order valence-electron chi connectivity index (χ0n) is 8.51. The summed E-state index contributed by atoms with van der Waals surface area (Å²) in [6.45, 7) is 1.56. The third-order valence-corrected chi connectivity index (χ3v) is 2.32. The molecule has 0 aromatic carbocycles. The fourth-order valence-electron chi connectivity index (χ4n) is 1.45. The molecule has 0 saturated carbocycles. The standard InChI is InChI=1S/C10H10ClF2NO2/c1-5-2-7(10(12)13)6(3-9(15)16)8(4-11)14-5/h2,10H,3-4H2,1H3,(H,15,16). The van der Waals surface area contributed by atoms with Crippen LogP contribution in [0.2, 0.25) is 0 Å². The first-order valence-corrected chi connectivity index (χ1v) is 5.04. The summed E-state index contributed by atoms with van der Waals surface area (Å²) in [7, 11) is 0. The molecule has 0 fully saturated rings. The molecular weight excluding hydrogens is 240 g/mol. The van der Waals surface area contributed by atoms with E-state index in [1.807, 2.05) is 0 Å². The number of alkyl halides is 3. The van der Waals surface area contributed by atoms with Crippen LogP contribution in [0.5, 0.6) is 0 Å². The molecule has 0 amide bonds. The van der Waals surface area contributed by atoms with E-state index in [1.165, 1.54) is 6.07 Å². The molecule has 0 aliphatic heterocycles. The SMILES string of the molecule is Cc1cc(C(F)F)c(CC(=O)O)c(CCl)n1. The Labute approximate surface area is 96.1 Å². The van der Waals surface area contributed by atoms with Gasteiger partial charge in [0, 0.05) is 11.3 Å². The molecule has 1 N–H and O–H groups in total. The molecule has 3 nitrogen and oxygen atoms in total. The van der Waals surface area contributed by atoms with Crippen LogP contribution in [0.3, 0.4) is 0 Å². The number of aromatic nitrogens is 1. The van der Waals surface area contributed by atoms with Crippen LogP contribution < -0.4 is 0 Å². The lowest BCUT2D eigenvalue weighted by Crippen LogP contribution is -2.09. The fraction of sp³-hybridized carbons (Fsp3) is 0.400. The minimum Gasteiger partial charge on any atom is -0.481 e. The van der Waals surface area contributed by atoms with E-state index in [2.05, 4.69) is 4.98 Å². The number of nitrogens with zero attached hydrogens (tertiary/aromatic N) is 1. The number of pyridine rings is 1. The van der Waals surface area contributed by atoms with Gasteiger partial charge in [-0.05, 0) is 18.6 Å². The normalized spacial score (nSPS) is 10.8. The Morgan fingerprint density at radius 3 is 2.69 bits per heavy atom. The number of aliphatic carboxylic acids is 1. The van der Waals surface area contributed by atoms with E-state index in [9.17, 15) is 13.6 Å². The zero-order valence-corrected chi connectivity index (χ0v) is 9.26. The summed E-state index contributed by atoms with van der Waals surface area (Å²) >= 11 is 5.56. The smallest absolute Gasteiger partial charge is 0.307 e. The average Bonchev–Trinajstić information content (AvgIpc) is 2.19. The molecular formula is C10H10ClF2NO2. The minimum atomic E-state index is -2.72. The molecule has 1 aromatic heterocycles. The van der Waals surface area contributed by atoms with Gasteiger partial charge in [-0.25, -0.2) is 8.78 Å². The number of halogens is 3. The summed E-state index contributed by atoms with van der Waals surface area (Å²) in [6.07, 6.45) is -3.22. The number of carboxylic acids is 1. The molecule has 0 spiro atoms. The van der Waals surface area contributed by atoms with Crippen LogP contribution in [0, 0.1) is 6.92 Å². The highest BCUT2D eigenvalue weighted by molar-refractivity contribution is 6.17. The number of hydrogen-bond acceptors (Lipinski definition) is 2. The number of rotatable bonds is 4. The van der Waals surface area contributed by atoms with Crippen LogP contribution in [0.15, 0.2) is 6.07 Å². The minimum absolute atomic E-state index is 0.0168. The van der Waals surface area contributed by atoms with Gasteiger partial charge in [-0.2, -0.15) is 0 Å². The Balaban J connectivity index is 3.32. The lowest BCUT2D eigenvalue weighted by molar-refractivity contribution is -0.136. The monoisotopic (exact) mass is 249 g/mol. The Morgan fingerprint density at radius 1 is 1.62 bits per heavy atom. The molecule has 88 valence electrons. The highest BCUT2D eigenvalue weighted by Gasteiger charge is 2.19. The number of aryl methyl sites for hydroxylation is 1. The van der Waals surface area contributed by atoms with Gasteiger partial charge in [-0.15, -0.1) is 11.6 Å². The van der Waals surface area contributed by atoms with Crippen molar-refractivity contribution in [1.82, 2.24) is 4.98 Å². The fourth-order valence-corrected chi connectivity index (χ4v) is 1.67. The second-order valence-corrected chi connectivity index (χ2v) is 3.55. The Bertz CT molecular complexity index is 410. The van der Waals surface area contributed by atoms with E-state index in [0.717, 1.165) is 0 Å². The van der Waals surface area contributed by atoms with Crippen molar-refractivity contribution in [3.8, 4) is 0 Å². The molecule has 6 heteroatoms. The summed E-state index contributed by atoms with van der Waals surface area (Å²) in [6, 6.07) is 1.19. The molecule has 0 bridgehead atoms. The van der Waals surface area contributed by atoms with Gasteiger partial charge < -0.3 is 5.11 Å². The van der Waals surface area contributed by atoms with Gasteiger partial charge in [0.25, 0.3) is 6.43 Å². The maximum absolute atomic E-state index is 12.7. The summed E-state index contributed by atoms with van der Waals surface area (Å²) in [5.41, 5.74) is 0.327. The summed E-state index contributed by atoms with van der Waals surface area (Å²) in [5.74, 6) is -1.26. The van der Waals surface area contributed by atoms with Crippen LogP contribution in [0.1, 0.15) is 28.9 Å². The van der Waals surface area contributed by atoms with Gasteiger partial charge >= 0.3 is 5.97 Å². The Kier molecular flexibility index (Phi) is 4.18. The summed E-state index contributed by atoms with van der Waals surface area (Å²) in [5, 5.41) is 8.65. The van der Waals surface area contributed by atoms with Gasteiger partial charge in [0.1, 0.15) is 0 Å². The van der Waals surface area contributed by atoms with Crippen molar-refractivity contribution in [2.75, 3.05) is 0 Å². The van der Waals surface area contributed by atoms with Crippen molar-refractivity contribution in [3.63, 3.8) is 0 Å². The molecule has 0 atom stereocenters.